The van der Waals surface area contributed by atoms with E-state index in [2.05, 4.69) is 27.5 Å². The molecule has 1 saturated carbocycles. The van der Waals surface area contributed by atoms with Crippen LogP contribution in [-0.4, -0.2) is 80.4 Å². The molecule has 0 spiro atoms. The normalized spacial score (nSPS) is 19.2. The van der Waals surface area contributed by atoms with Crippen LogP contribution in [0.2, 0.25) is 5.02 Å². The number of rotatable bonds is 5. The molecule has 3 aliphatic heterocycles. The lowest BCUT2D eigenvalue weighted by Crippen LogP contribution is -2.54. The molecule has 1 aliphatic carbocycles. The molecule has 2 saturated heterocycles. The van der Waals surface area contributed by atoms with Crippen LogP contribution >= 0.6 is 11.6 Å². The van der Waals surface area contributed by atoms with Crippen molar-refractivity contribution in [2.45, 2.75) is 56.0 Å². The number of nitrogens with zero attached hydrogens (tertiary/aromatic N) is 4. The predicted molar refractivity (Wildman–Crippen MR) is 179 cm³/mol. The summed E-state index contributed by atoms with van der Waals surface area (Å²) in [6.45, 7) is 1.12. The number of amides is 5. The van der Waals surface area contributed by atoms with E-state index in [0.717, 1.165) is 35.2 Å². The Balaban J connectivity index is 0.000000672. The highest BCUT2D eigenvalue weighted by Gasteiger charge is 2.47. The maximum absolute atomic E-state index is 13.3. The third-order valence-electron chi connectivity index (χ3n) is 9.54. The fourth-order valence-electron chi connectivity index (χ4n) is 6.38. The first-order valence-corrected chi connectivity index (χ1v) is 16.8. The number of piperidine rings is 1. The molecule has 0 radical (unpaired) electrons. The van der Waals surface area contributed by atoms with Gasteiger partial charge in [-0.15, -0.1) is 0 Å². The second kappa shape index (κ2) is 14.4. The van der Waals surface area contributed by atoms with Gasteiger partial charge < -0.3 is 19.9 Å². The third-order valence-corrected chi connectivity index (χ3v) is 9.85. The van der Waals surface area contributed by atoms with Crippen LogP contribution in [0, 0.1) is 17.8 Å². The molecule has 1 atom stereocenters. The number of anilines is 2. The van der Waals surface area contributed by atoms with Gasteiger partial charge in [0.2, 0.25) is 11.8 Å². The van der Waals surface area contributed by atoms with E-state index in [9.17, 15) is 50.3 Å². The topological polar surface area (TPSA) is 171 Å². The van der Waals surface area contributed by atoms with E-state index < -0.39 is 65.0 Å². The van der Waals surface area contributed by atoms with Gasteiger partial charge in [0.15, 0.2) is 0 Å². The number of carboxylic acids is 1. The summed E-state index contributed by atoms with van der Waals surface area (Å²) in [5.41, 5.74) is -0.191. The van der Waals surface area contributed by atoms with Crippen LogP contribution in [0.4, 0.5) is 37.7 Å². The van der Waals surface area contributed by atoms with Crippen LogP contribution in [0.15, 0.2) is 48.9 Å². The van der Waals surface area contributed by atoms with Gasteiger partial charge >= 0.3 is 18.3 Å². The van der Waals surface area contributed by atoms with Gasteiger partial charge in [0.1, 0.15) is 17.3 Å². The number of aliphatic carboxylic acids is 1. The van der Waals surface area contributed by atoms with E-state index in [1.165, 1.54) is 6.33 Å². The molecule has 3 aromatic rings. The Bertz CT molecular complexity index is 2180. The highest BCUT2D eigenvalue weighted by Crippen LogP contribution is 2.41. The zero-order valence-corrected chi connectivity index (χ0v) is 28.8. The summed E-state index contributed by atoms with van der Waals surface area (Å²) in [5, 5.41) is 11.8. The molecule has 55 heavy (non-hydrogen) atoms. The minimum Gasteiger partial charge on any atom is -0.475 e. The van der Waals surface area contributed by atoms with Crippen molar-refractivity contribution in [2.24, 2.45) is 5.92 Å². The molecule has 13 nitrogen and oxygen atoms in total. The highest BCUT2D eigenvalue weighted by molar-refractivity contribution is 6.33. The van der Waals surface area contributed by atoms with Crippen molar-refractivity contribution in [1.82, 2.24) is 19.8 Å². The first-order chi connectivity index (χ1) is 25.8. The number of hydrogen-bond acceptors (Lipinski definition) is 8. The van der Waals surface area contributed by atoms with Gasteiger partial charge in [-0.3, -0.25) is 34.2 Å². The second-order valence-electron chi connectivity index (χ2n) is 13.0. The Kier molecular flexibility index (Phi) is 10.2. The number of aromatic nitrogens is 2. The summed E-state index contributed by atoms with van der Waals surface area (Å²) >= 11 is 6.05. The molecule has 2 aromatic carbocycles. The van der Waals surface area contributed by atoms with Gasteiger partial charge in [-0.1, -0.05) is 17.5 Å². The molecule has 3 fully saturated rings. The van der Waals surface area contributed by atoms with Crippen LogP contribution in [0.5, 0.6) is 0 Å². The van der Waals surface area contributed by atoms with Gasteiger partial charge in [0.25, 0.3) is 17.7 Å². The second-order valence-corrected chi connectivity index (χ2v) is 13.5. The molecule has 0 bridgehead atoms. The molecule has 7 rings (SSSR count). The van der Waals surface area contributed by atoms with Gasteiger partial charge in [-0.05, 0) is 68.0 Å². The van der Waals surface area contributed by atoms with Crippen molar-refractivity contribution < 1.29 is 60.2 Å². The van der Waals surface area contributed by atoms with Crippen molar-refractivity contribution in [3.05, 3.63) is 76.3 Å². The number of halogens is 7. The number of alkyl halides is 6. The molecule has 1 unspecified atom stereocenters. The van der Waals surface area contributed by atoms with Gasteiger partial charge in [0, 0.05) is 31.4 Å². The van der Waals surface area contributed by atoms with Crippen LogP contribution in [0.1, 0.15) is 64.1 Å². The van der Waals surface area contributed by atoms with Crippen molar-refractivity contribution in [2.75, 3.05) is 23.3 Å². The average Bonchev–Trinajstić information content (AvgIpc) is 3.62. The van der Waals surface area contributed by atoms with Crippen molar-refractivity contribution in [3.8, 4) is 11.8 Å². The minimum atomic E-state index is -5.08. The van der Waals surface area contributed by atoms with Crippen LogP contribution in [-0.2, 0) is 30.9 Å². The quantitative estimate of drug-likeness (QED) is 0.190. The molecule has 288 valence electrons. The van der Waals surface area contributed by atoms with Gasteiger partial charge in [0.05, 0.1) is 39.6 Å². The lowest BCUT2D eigenvalue weighted by Gasteiger charge is -2.41. The number of imidazole rings is 1. The van der Waals surface area contributed by atoms with E-state index in [1.807, 2.05) is 4.90 Å². The Morgan fingerprint density at radius 2 is 1.65 bits per heavy atom. The zero-order chi connectivity index (χ0) is 40.0. The van der Waals surface area contributed by atoms with E-state index in [0.29, 0.717) is 31.6 Å². The molecule has 20 heteroatoms. The van der Waals surface area contributed by atoms with Gasteiger partial charge in [-0.25, -0.2) is 9.78 Å². The summed E-state index contributed by atoms with van der Waals surface area (Å²) in [7, 11) is 0. The molecule has 4 aliphatic rings. The molecular weight excluding hydrogens is 766 g/mol. The fraction of sp³-hybridized carbons (Fsp3) is 0.343. The number of benzene rings is 2. The third kappa shape index (κ3) is 7.72. The van der Waals surface area contributed by atoms with Crippen LogP contribution in [0.3, 0.4) is 0 Å². The maximum atomic E-state index is 13.3. The van der Waals surface area contributed by atoms with Crippen LogP contribution in [0.25, 0.3) is 0 Å². The smallest absolute Gasteiger partial charge is 0.475 e. The maximum Gasteiger partial charge on any atom is 0.490 e. The number of carbonyl (C=O) groups excluding carboxylic acids is 5. The standard InChI is InChI=1S/C33H26ClF3N6O5.C2HF3O2/c34-24-12-19(33(35,36)37)3-7-25(24)39-31(48)32(10-1-11-32)42-16-20(38-17-42)4-2-18-14-41(15-18)21-5-6-22-23(13-21)30(47)43(29(22)46)26-8-9-27(44)40-28(26)45;3-2(4,5)1(6)7/h3,5-7,12-13,16-18,26H,1,8-11,14-15H2,(H,39,48)(H,40,44,45);(H,6,7). The van der Waals surface area contributed by atoms with Crippen molar-refractivity contribution >= 4 is 58.5 Å². The molecule has 5 amide bonds. The Labute approximate surface area is 311 Å². The number of imide groups is 2. The van der Waals surface area contributed by atoms with E-state index in [-0.39, 0.29) is 40.6 Å². The predicted octanol–water partition coefficient (Wildman–Crippen LogP) is 4.60. The average molecular weight is 793 g/mol. The Morgan fingerprint density at radius 1 is 0.982 bits per heavy atom. The molecule has 3 N–H and O–H groups in total. The highest BCUT2D eigenvalue weighted by atomic mass is 35.5. The first-order valence-electron chi connectivity index (χ1n) is 16.4. The van der Waals surface area contributed by atoms with Crippen molar-refractivity contribution in [3.63, 3.8) is 0 Å². The Morgan fingerprint density at radius 3 is 2.24 bits per heavy atom. The van der Waals surface area contributed by atoms with E-state index in [1.54, 1.807) is 29.0 Å². The number of hydrogen-bond donors (Lipinski definition) is 3. The van der Waals surface area contributed by atoms with E-state index in [4.69, 9.17) is 21.5 Å². The van der Waals surface area contributed by atoms with Crippen LogP contribution < -0.4 is 15.5 Å². The summed E-state index contributed by atoms with van der Waals surface area (Å²) in [4.78, 5) is 79.5. The zero-order valence-electron chi connectivity index (χ0n) is 28.1. The van der Waals surface area contributed by atoms with Crippen molar-refractivity contribution in [1.29, 1.82) is 0 Å². The summed E-state index contributed by atoms with van der Waals surface area (Å²) in [6, 6.07) is 6.69. The molecular formula is C35H27ClF6N6O7. The monoisotopic (exact) mass is 792 g/mol. The Hall–Kier alpha value is -5.90. The first kappa shape index (κ1) is 38.8. The summed E-state index contributed by atoms with van der Waals surface area (Å²) < 4.78 is 72.5. The van der Waals surface area contributed by atoms with Gasteiger partial charge in [-0.2, -0.15) is 26.3 Å². The summed E-state index contributed by atoms with van der Waals surface area (Å²) in [5.74, 6) is 0.819. The number of fused-ring (bicyclic) bond motifs is 1. The molecule has 1 aromatic heterocycles. The largest absolute Gasteiger partial charge is 0.490 e. The SMILES string of the molecule is O=C(O)C(F)(F)F.O=C1CCC(N2C(=O)c3ccc(N4CC(C#Cc5cn(C6(C(=O)Nc7ccc(C(F)(F)F)cc7Cl)CCC6)cn5)C4)cc3C2=O)C(=O)N1. The fourth-order valence-corrected chi connectivity index (χ4v) is 6.61. The lowest BCUT2D eigenvalue weighted by atomic mass is 9.75. The molecule has 4 heterocycles. The number of carbonyl (C=O) groups is 6. The number of carboxylic acid groups (broad SMARTS) is 1. The lowest BCUT2D eigenvalue weighted by molar-refractivity contribution is -0.192. The van der Waals surface area contributed by atoms with E-state index >= 15 is 0 Å². The number of nitrogens with one attached hydrogen (secondary N) is 2. The minimum absolute atomic E-state index is 0.0107. The summed E-state index contributed by atoms with van der Waals surface area (Å²) in [6.07, 6.45) is -4.51.